The Morgan fingerprint density at radius 1 is 1.50 bits per heavy atom. The fourth-order valence-electron chi connectivity index (χ4n) is 1.53. The van der Waals surface area contributed by atoms with Crippen molar-refractivity contribution in [2.24, 2.45) is 5.92 Å². The van der Waals surface area contributed by atoms with Gasteiger partial charge in [0.1, 0.15) is 12.4 Å². The van der Waals surface area contributed by atoms with Crippen LogP contribution in [0.4, 0.5) is 0 Å². The maximum atomic E-state index is 11.9. The van der Waals surface area contributed by atoms with Crippen LogP contribution in [0.1, 0.15) is 30.2 Å². The smallest absolute Gasteiger partial charge is 0.289 e. The monoisotopic (exact) mass is 225 g/mol. The molecule has 0 bridgehead atoms. The topological polar surface area (TPSA) is 42.7 Å². The first-order chi connectivity index (χ1) is 7.54. The van der Waals surface area contributed by atoms with Crippen LogP contribution in [0.2, 0.25) is 0 Å². The molecule has 0 unspecified atom stereocenters. The van der Waals surface area contributed by atoms with E-state index < -0.39 is 0 Å². The third kappa shape index (κ3) is 3.38. The Hall–Kier alpha value is -1.29. The van der Waals surface area contributed by atoms with Gasteiger partial charge in [-0.1, -0.05) is 13.8 Å². The van der Waals surface area contributed by atoms with Gasteiger partial charge in [-0.3, -0.25) is 4.79 Å². The van der Waals surface area contributed by atoms with Crippen molar-refractivity contribution < 1.29 is 13.9 Å². The third-order valence-corrected chi connectivity index (χ3v) is 2.14. The molecule has 0 aromatic carbocycles. The molecule has 0 aliphatic rings. The molecule has 1 aromatic rings. The summed E-state index contributed by atoms with van der Waals surface area (Å²) < 4.78 is 10.3. The molecule has 0 aliphatic carbocycles. The van der Waals surface area contributed by atoms with E-state index >= 15 is 0 Å². The summed E-state index contributed by atoms with van der Waals surface area (Å²) in [5.41, 5.74) is 0. The van der Waals surface area contributed by atoms with Crippen LogP contribution >= 0.6 is 0 Å². The molecule has 1 heterocycles. The first-order valence-electron chi connectivity index (χ1n) is 5.37. The van der Waals surface area contributed by atoms with Crippen molar-refractivity contribution in [2.45, 2.75) is 20.5 Å². The Labute approximate surface area is 96.2 Å². The Kier molecular flexibility index (Phi) is 4.55. The molecule has 0 atom stereocenters. The van der Waals surface area contributed by atoms with Crippen molar-refractivity contribution in [3.05, 3.63) is 23.7 Å². The molecule has 1 amide bonds. The lowest BCUT2D eigenvalue weighted by Crippen LogP contribution is -2.29. The number of nitrogens with zero attached hydrogens (tertiary/aromatic N) is 1. The Bertz CT molecular complexity index is 344. The average molecular weight is 225 g/mol. The highest BCUT2D eigenvalue weighted by molar-refractivity contribution is 5.91. The molecule has 0 aliphatic heterocycles. The highest BCUT2D eigenvalue weighted by Gasteiger charge is 2.16. The molecule has 4 nitrogen and oxygen atoms in total. The fourth-order valence-corrected chi connectivity index (χ4v) is 1.53. The summed E-state index contributed by atoms with van der Waals surface area (Å²) in [5.74, 6) is 1.40. The molecule has 1 aromatic heterocycles. The van der Waals surface area contributed by atoms with E-state index in [1.807, 2.05) is 0 Å². The van der Waals surface area contributed by atoms with Gasteiger partial charge in [-0.2, -0.15) is 0 Å². The number of methoxy groups -OCH3 is 1. The largest absolute Gasteiger partial charge is 0.453 e. The average Bonchev–Trinajstić information content (AvgIpc) is 2.64. The van der Waals surface area contributed by atoms with E-state index in [9.17, 15) is 4.79 Å². The van der Waals surface area contributed by atoms with Crippen molar-refractivity contribution in [1.29, 1.82) is 0 Å². The molecule has 0 saturated carbocycles. The van der Waals surface area contributed by atoms with Crippen molar-refractivity contribution in [3.63, 3.8) is 0 Å². The molecular weight excluding hydrogens is 206 g/mol. The van der Waals surface area contributed by atoms with Crippen LogP contribution in [0.15, 0.2) is 16.5 Å². The fraction of sp³-hybridized carbons (Fsp3) is 0.583. The molecule has 0 saturated heterocycles. The number of rotatable bonds is 5. The summed E-state index contributed by atoms with van der Waals surface area (Å²) in [4.78, 5) is 13.6. The number of carbonyl (C=O) groups excluding carboxylic acids is 1. The molecule has 16 heavy (non-hydrogen) atoms. The molecule has 1 rings (SSSR count). The van der Waals surface area contributed by atoms with Gasteiger partial charge >= 0.3 is 0 Å². The summed E-state index contributed by atoms with van der Waals surface area (Å²) in [7, 11) is 3.37. The minimum absolute atomic E-state index is 0.0870. The summed E-state index contributed by atoms with van der Waals surface area (Å²) in [6.07, 6.45) is 0. The quantitative estimate of drug-likeness (QED) is 0.771. The van der Waals surface area contributed by atoms with Gasteiger partial charge in [-0.05, 0) is 18.1 Å². The highest BCUT2D eigenvalue weighted by Crippen LogP contribution is 2.11. The van der Waals surface area contributed by atoms with Crippen molar-refractivity contribution >= 4 is 5.91 Å². The highest BCUT2D eigenvalue weighted by atomic mass is 16.5. The number of furan rings is 1. The van der Waals surface area contributed by atoms with E-state index in [4.69, 9.17) is 9.15 Å². The zero-order valence-electron chi connectivity index (χ0n) is 10.3. The van der Waals surface area contributed by atoms with Gasteiger partial charge in [0.05, 0.1) is 0 Å². The minimum Gasteiger partial charge on any atom is -0.453 e. The van der Waals surface area contributed by atoms with Crippen LogP contribution in [0.3, 0.4) is 0 Å². The van der Waals surface area contributed by atoms with Crippen LogP contribution in [0.25, 0.3) is 0 Å². The first kappa shape index (κ1) is 12.8. The molecule has 0 fully saturated rings. The lowest BCUT2D eigenvalue weighted by atomic mass is 10.2. The summed E-state index contributed by atoms with van der Waals surface area (Å²) in [6.45, 7) is 5.25. The first-order valence-corrected chi connectivity index (χ1v) is 5.37. The van der Waals surface area contributed by atoms with Crippen LogP contribution in [-0.4, -0.2) is 31.5 Å². The van der Waals surface area contributed by atoms with Gasteiger partial charge in [0.15, 0.2) is 5.76 Å². The molecule has 0 N–H and O–H groups in total. The summed E-state index contributed by atoms with van der Waals surface area (Å²) in [5, 5.41) is 0. The van der Waals surface area contributed by atoms with Crippen LogP contribution < -0.4 is 0 Å². The number of amides is 1. The van der Waals surface area contributed by atoms with Crippen LogP contribution in [0, 0.1) is 5.92 Å². The van der Waals surface area contributed by atoms with Gasteiger partial charge < -0.3 is 14.1 Å². The maximum absolute atomic E-state index is 11.9. The molecular formula is C12H19NO3. The third-order valence-electron chi connectivity index (χ3n) is 2.14. The predicted molar refractivity (Wildman–Crippen MR) is 61.2 cm³/mol. The predicted octanol–water partition coefficient (Wildman–Crippen LogP) is 2.15. The van der Waals surface area contributed by atoms with Crippen molar-refractivity contribution in [3.8, 4) is 0 Å². The number of carbonyl (C=O) groups is 1. The minimum atomic E-state index is -0.0870. The Morgan fingerprint density at radius 3 is 2.75 bits per heavy atom. The van der Waals surface area contributed by atoms with E-state index in [-0.39, 0.29) is 5.91 Å². The van der Waals surface area contributed by atoms with Crippen LogP contribution in [-0.2, 0) is 11.3 Å². The van der Waals surface area contributed by atoms with Crippen LogP contribution in [0.5, 0.6) is 0 Å². The number of hydrogen-bond acceptors (Lipinski definition) is 3. The van der Waals surface area contributed by atoms with E-state index in [0.29, 0.717) is 24.0 Å². The Balaban J connectivity index is 2.64. The zero-order valence-corrected chi connectivity index (χ0v) is 10.3. The molecule has 0 spiro atoms. The SMILES string of the molecule is COCc1ccc(C(=O)N(C)CC(C)C)o1. The second-order valence-electron chi connectivity index (χ2n) is 4.28. The summed E-state index contributed by atoms with van der Waals surface area (Å²) >= 11 is 0. The van der Waals surface area contributed by atoms with Crippen molar-refractivity contribution in [2.75, 3.05) is 20.7 Å². The molecule has 90 valence electrons. The lowest BCUT2D eigenvalue weighted by molar-refractivity contribution is 0.0739. The number of hydrogen-bond donors (Lipinski definition) is 0. The molecule has 4 heteroatoms. The number of ether oxygens (including phenoxy) is 1. The van der Waals surface area contributed by atoms with Gasteiger partial charge in [-0.15, -0.1) is 0 Å². The normalized spacial score (nSPS) is 10.8. The molecule has 0 radical (unpaired) electrons. The van der Waals surface area contributed by atoms with Gasteiger partial charge in [0, 0.05) is 20.7 Å². The van der Waals surface area contributed by atoms with Crippen molar-refractivity contribution in [1.82, 2.24) is 4.90 Å². The zero-order chi connectivity index (χ0) is 12.1. The van der Waals surface area contributed by atoms with Gasteiger partial charge in [0.25, 0.3) is 5.91 Å². The Morgan fingerprint density at radius 2 is 2.19 bits per heavy atom. The maximum Gasteiger partial charge on any atom is 0.289 e. The van der Waals surface area contributed by atoms with E-state index in [2.05, 4.69) is 13.8 Å². The van der Waals surface area contributed by atoms with E-state index in [1.165, 1.54) is 0 Å². The second kappa shape index (κ2) is 5.70. The van der Waals surface area contributed by atoms with E-state index in [1.54, 1.807) is 31.2 Å². The summed E-state index contributed by atoms with van der Waals surface area (Å²) in [6, 6.07) is 3.45. The van der Waals surface area contributed by atoms with Gasteiger partial charge in [-0.25, -0.2) is 0 Å². The second-order valence-corrected chi connectivity index (χ2v) is 4.28. The van der Waals surface area contributed by atoms with E-state index in [0.717, 1.165) is 6.54 Å². The lowest BCUT2D eigenvalue weighted by Gasteiger charge is -2.17. The van der Waals surface area contributed by atoms with Gasteiger partial charge in [0.2, 0.25) is 0 Å². The standard InChI is InChI=1S/C12H19NO3/c1-9(2)7-13(3)12(14)11-6-5-10(16-11)8-15-4/h5-6,9H,7-8H2,1-4H3.